The molecule has 2 aliphatic rings. The number of carbonyl (C=O) groups excluding carboxylic acids is 3. The third-order valence-corrected chi connectivity index (χ3v) is 5.81. The minimum Gasteiger partial charge on any atom is -0.341 e. The van der Waals surface area contributed by atoms with Crippen LogP contribution in [0.3, 0.4) is 0 Å². The number of halogens is 2. The van der Waals surface area contributed by atoms with Crippen LogP contribution in [0.15, 0.2) is 18.2 Å². The highest BCUT2D eigenvalue weighted by atomic mass is 35.5. The fourth-order valence-corrected chi connectivity index (χ4v) is 4.62. The average molecular weight is 412 g/mol. The van der Waals surface area contributed by atoms with Crippen LogP contribution in [0.2, 0.25) is 10.0 Å². The number of hydrogen-bond acceptors (Lipinski definition) is 3. The van der Waals surface area contributed by atoms with E-state index in [1.165, 1.54) is 6.07 Å². The molecule has 2 heterocycles. The van der Waals surface area contributed by atoms with Gasteiger partial charge in [0.15, 0.2) is 0 Å². The highest BCUT2D eigenvalue weighted by Gasteiger charge is 2.50. The normalized spacial score (nSPS) is 28.5. The Morgan fingerprint density at radius 2 is 1.85 bits per heavy atom. The summed E-state index contributed by atoms with van der Waals surface area (Å²) < 4.78 is 0. The summed E-state index contributed by atoms with van der Waals surface area (Å²) in [6.07, 6.45) is 1.07. The van der Waals surface area contributed by atoms with Crippen LogP contribution in [0.4, 0.5) is 4.79 Å². The number of nitrogens with zero attached hydrogens (tertiary/aromatic N) is 2. The van der Waals surface area contributed by atoms with Crippen LogP contribution < -0.4 is 5.32 Å². The van der Waals surface area contributed by atoms with Gasteiger partial charge in [-0.3, -0.25) is 14.5 Å². The largest absolute Gasteiger partial charge is 0.341 e. The Labute approximate surface area is 168 Å². The molecular formula is C19H23Cl2N3O3. The van der Waals surface area contributed by atoms with Gasteiger partial charge in [0.25, 0.3) is 5.91 Å². The van der Waals surface area contributed by atoms with E-state index < -0.39 is 17.5 Å². The van der Waals surface area contributed by atoms with Crippen molar-refractivity contribution in [1.29, 1.82) is 0 Å². The van der Waals surface area contributed by atoms with Crippen molar-refractivity contribution in [3.8, 4) is 0 Å². The van der Waals surface area contributed by atoms with Crippen LogP contribution in [-0.4, -0.2) is 47.3 Å². The summed E-state index contributed by atoms with van der Waals surface area (Å²) in [4.78, 5) is 40.9. The first-order valence-corrected chi connectivity index (χ1v) is 9.75. The fraction of sp³-hybridized carbons (Fsp3) is 0.526. The quantitative estimate of drug-likeness (QED) is 0.775. The maximum absolute atomic E-state index is 13.0. The standard InChI is InChI=1S/C19H23Cl2N3O3/c1-11-6-12(2)9-23(8-11)16(25)10-24-17(26)19(3,22-18(24)27)14-5-4-13(20)7-15(14)21/h4-5,7,11-12H,6,8-10H2,1-3H3,(H,22,27)/t11-,12+,19-/m1/s1. The lowest BCUT2D eigenvalue weighted by atomic mass is 9.91. The van der Waals surface area contributed by atoms with Crippen LogP contribution in [0.1, 0.15) is 32.8 Å². The molecule has 6 nitrogen and oxygen atoms in total. The number of imide groups is 1. The SMILES string of the molecule is C[C@@H]1C[C@H](C)CN(C(=O)CN2C(=O)N[C@](C)(c3ccc(Cl)cc3Cl)C2=O)C1. The van der Waals surface area contributed by atoms with Gasteiger partial charge in [0.05, 0.1) is 0 Å². The van der Waals surface area contributed by atoms with Gasteiger partial charge in [-0.15, -0.1) is 0 Å². The van der Waals surface area contributed by atoms with Crippen LogP contribution in [0, 0.1) is 11.8 Å². The molecule has 0 unspecified atom stereocenters. The molecule has 27 heavy (non-hydrogen) atoms. The van der Waals surface area contributed by atoms with E-state index in [0.29, 0.717) is 35.5 Å². The summed E-state index contributed by atoms with van der Waals surface area (Å²) in [5.41, 5.74) is -0.885. The predicted molar refractivity (Wildman–Crippen MR) is 104 cm³/mol. The lowest BCUT2D eigenvalue weighted by Gasteiger charge is -2.35. The van der Waals surface area contributed by atoms with Crippen LogP contribution in [0.5, 0.6) is 0 Å². The van der Waals surface area contributed by atoms with E-state index in [-0.39, 0.29) is 17.5 Å². The number of likely N-dealkylation sites (tertiary alicyclic amines) is 1. The summed E-state index contributed by atoms with van der Waals surface area (Å²) in [6, 6.07) is 4.15. The number of hydrogen-bond donors (Lipinski definition) is 1. The second kappa shape index (κ2) is 7.32. The molecule has 1 aromatic carbocycles. The van der Waals surface area contributed by atoms with Crippen LogP contribution in [0.25, 0.3) is 0 Å². The minimum absolute atomic E-state index is 0.219. The van der Waals surface area contributed by atoms with E-state index in [9.17, 15) is 14.4 Å². The first kappa shape index (κ1) is 20.0. The number of carbonyl (C=O) groups is 3. The topological polar surface area (TPSA) is 69.7 Å². The Morgan fingerprint density at radius 3 is 2.44 bits per heavy atom. The van der Waals surface area contributed by atoms with Gasteiger partial charge in [-0.05, 0) is 37.3 Å². The molecule has 2 fully saturated rings. The number of urea groups is 1. The van der Waals surface area contributed by atoms with Crippen molar-refractivity contribution in [3.05, 3.63) is 33.8 Å². The third kappa shape index (κ3) is 3.78. The fourth-order valence-electron chi connectivity index (χ4n) is 4.02. The number of benzene rings is 1. The van der Waals surface area contributed by atoms with Gasteiger partial charge in [0.1, 0.15) is 12.1 Å². The minimum atomic E-state index is -1.33. The van der Waals surface area contributed by atoms with E-state index in [4.69, 9.17) is 23.2 Å². The van der Waals surface area contributed by atoms with Gasteiger partial charge < -0.3 is 10.2 Å². The van der Waals surface area contributed by atoms with Gasteiger partial charge in [-0.2, -0.15) is 0 Å². The second-order valence-electron chi connectivity index (χ2n) is 7.82. The smallest absolute Gasteiger partial charge is 0.325 e. The molecule has 3 rings (SSSR count). The third-order valence-electron chi connectivity index (χ3n) is 5.26. The summed E-state index contributed by atoms with van der Waals surface area (Å²) in [5, 5.41) is 3.39. The average Bonchev–Trinajstić information content (AvgIpc) is 2.77. The van der Waals surface area contributed by atoms with E-state index in [0.717, 1.165) is 11.3 Å². The molecule has 3 atom stereocenters. The second-order valence-corrected chi connectivity index (χ2v) is 8.66. The molecule has 2 saturated heterocycles. The van der Waals surface area contributed by atoms with Crippen molar-refractivity contribution in [2.75, 3.05) is 19.6 Å². The van der Waals surface area contributed by atoms with Crippen molar-refractivity contribution >= 4 is 41.0 Å². The Morgan fingerprint density at radius 1 is 1.22 bits per heavy atom. The van der Waals surface area contributed by atoms with Crippen LogP contribution >= 0.6 is 23.2 Å². The van der Waals surface area contributed by atoms with Gasteiger partial charge in [0.2, 0.25) is 5.91 Å². The molecule has 4 amide bonds. The van der Waals surface area contributed by atoms with Gasteiger partial charge >= 0.3 is 6.03 Å². The Balaban J connectivity index is 1.79. The number of amides is 4. The Bertz CT molecular complexity index is 790. The molecule has 0 aromatic heterocycles. The Kier molecular flexibility index (Phi) is 5.41. The van der Waals surface area contributed by atoms with E-state index in [2.05, 4.69) is 19.2 Å². The first-order chi connectivity index (χ1) is 12.6. The summed E-state index contributed by atoms with van der Waals surface area (Å²) in [5.74, 6) is 0.0874. The molecule has 2 aliphatic heterocycles. The van der Waals surface area contributed by atoms with Crippen LogP contribution in [-0.2, 0) is 15.1 Å². The molecule has 0 saturated carbocycles. The zero-order valence-electron chi connectivity index (χ0n) is 15.6. The van der Waals surface area contributed by atoms with Crippen molar-refractivity contribution in [3.63, 3.8) is 0 Å². The molecule has 8 heteroatoms. The highest BCUT2D eigenvalue weighted by molar-refractivity contribution is 6.35. The molecule has 146 valence electrons. The van der Waals surface area contributed by atoms with E-state index >= 15 is 0 Å². The zero-order valence-corrected chi connectivity index (χ0v) is 17.1. The molecule has 0 aliphatic carbocycles. The molecule has 0 radical (unpaired) electrons. The first-order valence-electron chi connectivity index (χ1n) is 8.99. The van der Waals surface area contributed by atoms with E-state index in [1.54, 1.807) is 24.0 Å². The van der Waals surface area contributed by atoms with Gasteiger partial charge in [0, 0.05) is 28.7 Å². The summed E-state index contributed by atoms with van der Waals surface area (Å²) in [6.45, 7) is 6.80. The van der Waals surface area contributed by atoms with Gasteiger partial charge in [-0.1, -0.05) is 43.1 Å². The van der Waals surface area contributed by atoms with Crippen molar-refractivity contribution in [2.24, 2.45) is 11.8 Å². The lowest BCUT2D eigenvalue weighted by Crippen LogP contribution is -2.48. The Hall–Kier alpha value is -1.79. The number of nitrogens with one attached hydrogen (secondary N) is 1. The summed E-state index contributed by atoms with van der Waals surface area (Å²) >= 11 is 12.2. The lowest BCUT2D eigenvalue weighted by molar-refractivity contribution is -0.140. The maximum Gasteiger partial charge on any atom is 0.325 e. The maximum atomic E-state index is 13.0. The van der Waals surface area contributed by atoms with Crippen molar-refractivity contribution < 1.29 is 14.4 Å². The molecule has 0 bridgehead atoms. The summed E-state index contributed by atoms with van der Waals surface area (Å²) in [7, 11) is 0. The van der Waals surface area contributed by atoms with Crippen molar-refractivity contribution in [1.82, 2.24) is 15.1 Å². The van der Waals surface area contributed by atoms with Crippen molar-refractivity contribution in [2.45, 2.75) is 32.7 Å². The highest BCUT2D eigenvalue weighted by Crippen LogP contribution is 2.35. The number of piperidine rings is 1. The molecule has 0 spiro atoms. The zero-order chi connectivity index (χ0) is 19.9. The molecular weight excluding hydrogens is 389 g/mol. The molecule has 1 aromatic rings. The predicted octanol–water partition coefficient (Wildman–Crippen LogP) is 3.26. The van der Waals surface area contributed by atoms with Gasteiger partial charge in [-0.25, -0.2) is 4.79 Å². The number of rotatable bonds is 3. The molecule has 1 N–H and O–H groups in total. The monoisotopic (exact) mass is 411 g/mol. The van der Waals surface area contributed by atoms with E-state index in [1.807, 2.05) is 0 Å².